The van der Waals surface area contributed by atoms with Gasteiger partial charge in [0.05, 0.1) is 18.0 Å². The van der Waals surface area contributed by atoms with Crippen LogP contribution >= 0.6 is 0 Å². The molecule has 0 spiro atoms. The second-order valence-corrected chi connectivity index (χ2v) is 7.71. The molecule has 0 atom stereocenters. The van der Waals surface area contributed by atoms with Crippen LogP contribution in [0.2, 0.25) is 0 Å². The number of ether oxygens (including phenoxy) is 1. The standard InChI is InChI=1S/C19H24N2O4S/c1-4-21(26(23,24)6-3)17-11-7-15(8-12-17)19(22)20-16-9-13-18(14-10-16)25-5-2/h7-14H,4-6H2,1-3H3,(H,20,22). The van der Waals surface area contributed by atoms with Crippen molar-refractivity contribution in [2.45, 2.75) is 20.8 Å². The van der Waals surface area contributed by atoms with E-state index in [1.807, 2.05) is 6.92 Å². The number of hydrogen-bond donors (Lipinski definition) is 1. The maximum absolute atomic E-state index is 12.4. The van der Waals surface area contributed by atoms with Crippen molar-refractivity contribution in [3.63, 3.8) is 0 Å². The van der Waals surface area contributed by atoms with E-state index >= 15 is 0 Å². The molecule has 0 aliphatic carbocycles. The van der Waals surface area contributed by atoms with Crippen LogP contribution in [0.1, 0.15) is 31.1 Å². The lowest BCUT2D eigenvalue weighted by atomic mass is 10.2. The molecule has 0 heterocycles. The van der Waals surface area contributed by atoms with Crippen LogP contribution in [0.15, 0.2) is 48.5 Å². The summed E-state index contributed by atoms with van der Waals surface area (Å²) in [5.74, 6) is 0.509. The molecule has 0 aliphatic rings. The summed E-state index contributed by atoms with van der Waals surface area (Å²) in [6, 6.07) is 13.6. The van der Waals surface area contributed by atoms with Gasteiger partial charge in [-0.15, -0.1) is 0 Å². The Bertz CT molecular complexity index is 831. The summed E-state index contributed by atoms with van der Waals surface area (Å²) in [4.78, 5) is 12.4. The number of benzene rings is 2. The normalized spacial score (nSPS) is 11.0. The highest BCUT2D eigenvalue weighted by Gasteiger charge is 2.19. The number of anilines is 2. The molecule has 1 N–H and O–H groups in total. The van der Waals surface area contributed by atoms with Gasteiger partial charge in [-0.25, -0.2) is 8.42 Å². The third-order valence-electron chi connectivity index (χ3n) is 3.83. The lowest BCUT2D eigenvalue weighted by Crippen LogP contribution is -2.32. The highest BCUT2D eigenvalue weighted by Crippen LogP contribution is 2.20. The second-order valence-electron chi connectivity index (χ2n) is 5.52. The van der Waals surface area contributed by atoms with Crippen molar-refractivity contribution in [2.24, 2.45) is 0 Å². The quantitative estimate of drug-likeness (QED) is 0.765. The van der Waals surface area contributed by atoms with Crippen molar-refractivity contribution in [1.82, 2.24) is 0 Å². The number of carbonyl (C=O) groups excluding carboxylic acids is 1. The van der Waals surface area contributed by atoms with Gasteiger partial charge in [-0.3, -0.25) is 9.10 Å². The molecule has 7 heteroatoms. The van der Waals surface area contributed by atoms with E-state index < -0.39 is 10.0 Å². The first kappa shape index (κ1) is 19.8. The Labute approximate surface area is 154 Å². The predicted octanol–water partition coefficient (Wildman–Crippen LogP) is 3.51. The molecule has 0 fully saturated rings. The van der Waals surface area contributed by atoms with Crippen molar-refractivity contribution in [3.05, 3.63) is 54.1 Å². The first-order chi connectivity index (χ1) is 12.4. The molecule has 2 aromatic rings. The summed E-state index contributed by atoms with van der Waals surface area (Å²) in [5, 5.41) is 2.81. The van der Waals surface area contributed by atoms with Crippen molar-refractivity contribution < 1.29 is 17.9 Å². The Morgan fingerprint density at radius 3 is 2.12 bits per heavy atom. The van der Waals surface area contributed by atoms with E-state index in [9.17, 15) is 13.2 Å². The molecule has 2 rings (SSSR count). The van der Waals surface area contributed by atoms with Crippen LogP contribution in [-0.2, 0) is 10.0 Å². The van der Waals surface area contributed by atoms with Crippen LogP contribution in [0.3, 0.4) is 0 Å². The van der Waals surface area contributed by atoms with Crippen LogP contribution in [0.4, 0.5) is 11.4 Å². The Kier molecular flexibility index (Phi) is 6.63. The van der Waals surface area contributed by atoms with Gasteiger partial charge in [0.25, 0.3) is 5.91 Å². The molecule has 0 aromatic heterocycles. The van der Waals surface area contributed by atoms with Gasteiger partial charge in [-0.2, -0.15) is 0 Å². The highest BCUT2D eigenvalue weighted by atomic mass is 32.2. The van der Waals surface area contributed by atoms with Crippen molar-refractivity contribution in [3.8, 4) is 5.75 Å². The van der Waals surface area contributed by atoms with Gasteiger partial charge >= 0.3 is 0 Å². The second kappa shape index (κ2) is 8.71. The lowest BCUT2D eigenvalue weighted by molar-refractivity contribution is 0.102. The lowest BCUT2D eigenvalue weighted by Gasteiger charge is -2.22. The molecule has 26 heavy (non-hydrogen) atoms. The fourth-order valence-electron chi connectivity index (χ4n) is 2.48. The summed E-state index contributed by atoms with van der Waals surface area (Å²) >= 11 is 0. The molecule has 0 unspecified atom stereocenters. The molecule has 6 nitrogen and oxygen atoms in total. The van der Waals surface area contributed by atoms with Gasteiger partial charge in [0.15, 0.2) is 0 Å². The van der Waals surface area contributed by atoms with Crippen molar-refractivity contribution in [2.75, 3.05) is 28.5 Å². The number of nitrogens with one attached hydrogen (secondary N) is 1. The zero-order valence-corrected chi connectivity index (χ0v) is 16.0. The van der Waals surface area contributed by atoms with E-state index in [0.717, 1.165) is 5.75 Å². The number of carbonyl (C=O) groups is 1. The van der Waals surface area contributed by atoms with Crippen LogP contribution in [-0.4, -0.2) is 33.2 Å². The van der Waals surface area contributed by atoms with Crippen LogP contribution in [0.25, 0.3) is 0 Å². The van der Waals surface area contributed by atoms with Gasteiger partial charge < -0.3 is 10.1 Å². The molecule has 140 valence electrons. The van der Waals surface area contributed by atoms with Gasteiger partial charge in [-0.1, -0.05) is 0 Å². The molecule has 1 amide bonds. The summed E-state index contributed by atoms with van der Waals surface area (Å²) in [7, 11) is -3.33. The molecular weight excluding hydrogens is 352 g/mol. The Balaban J connectivity index is 2.11. The molecule has 0 saturated heterocycles. The first-order valence-electron chi connectivity index (χ1n) is 8.56. The van der Waals surface area contributed by atoms with E-state index in [2.05, 4.69) is 5.32 Å². The van der Waals surface area contributed by atoms with Crippen molar-refractivity contribution >= 4 is 27.3 Å². The van der Waals surface area contributed by atoms with Crippen LogP contribution in [0, 0.1) is 0 Å². The smallest absolute Gasteiger partial charge is 0.255 e. The molecule has 0 aliphatic heterocycles. The monoisotopic (exact) mass is 376 g/mol. The zero-order chi connectivity index (χ0) is 19.2. The van der Waals surface area contributed by atoms with E-state index in [4.69, 9.17) is 4.74 Å². The van der Waals surface area contributed by atoms with Gasteiger partial charge in [0.1, 0.15) is 5.75 Å². The zero-order valence-electron chi connectivity index (χ0n) is 15.2. The van der Waals surface area contributed by atoms with Gasteiger partial charge in [0.2, 0.25) is 10.0 Å². The first-order valence-corrected chi connectivity index (χ1v) is 10.2. The van der Waals surface area contributed by atoms with Gasteiger partial charge in [0, 0.05) is 17.8 Å². The average Bonchev–Trinajstić information content (AvgIpc) is 2.64. The minimum atomic E-state index is -3.33. The van der Waals surface area contributed by atoms with Crippen LogP contribution < -0.4 is 14.4 Å². The molecule has 0 saturated carbocycles. The van der Waals surface area contributed by atoms with E-state index in [0.29, 0.717) is 30.1 Å². The van der Waals surface area contributed by atoms with Crippen molar-refractivity contribution in [1.29, 1.82) is 0 Å². The summed E-state index contributed by atoms with van der Waals surface area (Å²) in [5.41, 5.74) is 1.66. The number of rotatable bonds is 8. The Morgan fingerprint density at radius 2 is 1.62 bits per heavy atom. The highest BCUT2D eigenvalue weighted by molar-refractivity contribution is 7.92. The average molecular weight is 376 g/mol. The summed E-state index contributed by atoms with van der Waals surface area (Å²) in [6.07, 6.45) is 0. The number of sulfonamides is 1. The molecular formula is C19H24N2O4S. The molecule has 0 bridgehead atoms. The van der Waals surface area contributed by atoms with Crippen LogP contribution in [0.5, 0.6) is 5.75 Å². The van der Waals surface area contributed by atoms with E-state index in [1.54, 1.807) is 62.4 Å². The number of nitrogens with zero attached hydrogens (tertiary/aromatic N) is 1. The topological polar surface area (TPSA) is 75.7 Å². The van der Waals surface area contributed by atoms with Gasteiger partial charge in [-0.05, 0) is 69.3 Å². The molecule has 0 radical (unpaired) electrons. The minimum absolute atomic E-state index is 0.0286. The predicted molar refractivity (Wildman–Crippen MR) is 104 cm³/mol. The maximum atomic E-state index is 12.4. The Morgan fingerprint density at radius 1 is 1.00 bits per heavy atom. The number of hydrogen-bond acceptors (Lipinski definition) is 4. The minimum Gasteiger partial charge on any atom is -0.494 e. The fraction of sp³-hybridized carbons (Fsp3) is 0.316. The summed E-state index contributed by atoms with van der Waals surface area (Å²) in [6.45, 7) is 6.22. The summed E-state index contributed by atoms with van der Waals surface area (Å²) < 4.78 is 30.9. The largest absolute Gasteiger partial charge is 0.494 e. The third-order valence-corrected chi connectivity index (χ3v) is 5.70. The molecule has 2 aromatic carbocycles. The van der Waals surface area contributed by atoms with E-state index in [-0.39, 0.29) is 11.7 Å². The maximum Gasteiger partial charge on any atom is 0.255 e. The SMILES string of the molecule is CCOc1ccc(NC(=O)c2ccc(N(CC)S(=O)(=O)CC)cc2)cc1. The fourth-order valence-corrected chi connectivity index (χ4v) is 3.63. The third kappa shape index (κ3) is 4.76. The Hall–Kier alpha value is -2.54. The number of amides is 1. The van der Waals surface area contributed by atoms with E-state index in [1.165, 1.54) is 4.31 Å².